The van der Waals surface area contributed by atoms with E-state index in [2.05, 4.69) is 10.2 Å². The number of aryl methyl sites for hydroxylation is 1. The van der Waals surface area contributed by atoms with Gasteiger partial charge in [0.15, 0.2) is 5.16 Å². The number of aromatic nitrogens is 3. The molecule has 0 fully saturated rings. The van der Waals surface area contributed by atoms with Crippen molar-refractivity contribution in [3.63, 3.8) is 0 Å². The number of rotatable bonds is 6. The highest BCUT2D eigenvalue weighted by atomic mass is 32.2. The topological polar surface area (TPSA) is 51.0 Å². The summed E-state index contributed by atoms with van der Waals surface area (Å²) in [6.45, 7) is 9.86. The van der Waals surface area contributed by atoms with Crippen molar-refractivity contribution in [1.82, 2.24) is 19.7 Å². The first-order valence-corrected chi connectivity index (χ1v) is 8.91. The van der Waals surface area contributed by atoms with Crippen LogP contribution in [0.25, 0.3) is 5.69 Å². The van der Waals surface area contributed by atoms with Crippen LogP contribution in [0.15, 0.2) is 29.4 Å². The minimum absolute atomic E-state index is 0.0660. The van der Waals surface area contributed by atoms with Crippen molar-refractivity contribution in [3.05, 3.63) is 35.9 Å². The van der Waals surface area contributed by atoms with Crippen molar-refractivity contribution in [3.8, 4) is 5.69 Å². The van der Waals surface area contributed by atoms with E-state index in [-0.39, 0.29) is 29.6 Å². The number of carbonyl (C=O) groups is 1. The van der Waals surface area contributed by atoms with Gasteiger partial charge in [0.25, 0.3) is 0 Å². The summed E-state index contributed by atoms with van der Waals surface area (Å²) in [5.74, 6) is 0.756. The Morgan fingerprint density at radius 2 is 1.75 bits per heavy atom. The summed E-state index contributed by atoms with van der Waals surface area (Å²) in [4.78, 5) is 14.4. The van der Waals surface area contributed by atoms with E-state index in [4.69, 9.17) is 0 Å². The Hall–Kier alpha value is -1.89. The first-order chi connectivity index (χ1) is 11.3. The molecule has 0 aliphatic heterocycles. The van der Waals surface area contributed by atoms with Crippen LogP contribution in [-0.4, -0.2) is 43.4 Å². The summed E-state index contributed by atoms with van der Waals surface area (Å²) in [6, 6.07) is 6.43. The zero-order chi connectivity index (χ0) is 17.9. The average Bonchev–Trinajstić information content (AvgIpc) is 2.86. The van der Waals surface area contributed by atoms with E-state index in [9.17, 15) is 9.18 Å². The Labute approximate surface area is 146 Å². The standard InChI is InChI=1S/C17H23FN4OS/c1-11(2)21(12(3)4)16(23)10-24-17-20-19-13(5)22(17)15-8-6-14(18)7-9-15/h6-9,11-12H,10H2,1-5H3. The summed E-state index contributed by atoms with van der Waals surface area (Å²) < 4.78 is 15.0. The minimum Gasteiger partial charge on any atom is -0.337 e. The number of hydrogen-bond acceptors (Lipinski definition) is 4. The van der Waals surface area contributed by atoms with Gasteiger partial charge in [-0.3, -0.25) is 9.36 Å². The monoisotopic (exact) mass is 350 g/mol. The van der Waals surface area contributed by atoms with E-state index in [1.807, 2.05) is 44.1 Å². The van der Waals surface area contributed by atoms with Crippen molar-refractivity contribution in [2.24, 2.45) is 0 Å². The number of amides is 1. The van der Waals surface area contributed by atoms with E-state index in [1.165, 1.54) is 23.9 Å². The average molecular weight is 350 g/mol. The van der Waals surface area contributed by atoms with Crippen molar-refractivity contribution >= 4 is 17.7 Å². The third-order valence-electron chi connectivity index (χ3n) is 3.61. The Morgan fingerprint density at radius 3 is 2.29 bits per heavy atom. The molecule has 1 aromatic carbocycles. The van der Waals surface area contributed by atoms with E-state index in [0.29, 0.717) is 11.0 Å². The summed E-state index contributed by atoms with van der Waals surface area (Å²) >= 11 is 1.34. The van der Waals surface area contributed by atoms with Crippen LogP contribution in [0.4, 0.5) is 4.39 Å². The molecule has 0 saturated carbocycles. The van der Waals surface area contributed by atoms with Gasteiger partial charge in [-0.15, -0.1) is 10.2 Å². The normalized spacial score (nSPS) is 11.3. The number of thioether (sulfide) groups is 1. The van der Waals surface area contributed by atoms with E-state index in [1.54, 1.807) is 12.1 Å². The van der Waals surface area contributed by atoms with Crippen molar-refractivity contribution in [2.75, 3.05) is 5.75 Å². The molecule has 130 valence electrons. The van der Waals surface area contributed by atoms with Crippen molar-refractivity contribution < 1.29 is 9.18 Å². The number of hydrogen-bond donors (Lipinski definition) is 0. The van der Waals surface area contributed by atoms with Gasteiger partial charge in [0.05, 0.1) is 5.75 Å². The largest absolute Gasteiger partial charge is 0.337 e. The van der Waals surface area contributed by atoms with Crippen LogP contribution >= 0.6 is 11.8 Å². The molecule has 0 aliphatic carbocycles. The molecule has 24 heavy (non-hydrogen) atoms. The van der Waals surface area contributed by atoms with Crippen LogP contribution in [0, 0.1) is 12.7 Å². The molecule has 7 heteroatoms. The number of carbonyl (C=O) groups excluding carboxylic acids is 1. The highest BCUT2D eigenvalue weighted by Gasteiger charge is 2.21. The lowest BCUT2D eigenvalue weighted by atomic mass is 10.2. The number of halogens is 1. The summed E-state index contributed by atoms with van der Waals surface area (Å²) in [5, 5.41) is 8.85. The van der Waals surface area contributed by atoms with Gasteiger partial charge in [0.1, 0.15) is 11.6 Å². The molecule has 0 unspecified atom stereocenters. The molecule has 1 aromatic heterocycles. The smallest absolute Gasteiger partial charge is 0.233 e. The molecule has 0 N–H and O–H groups in total. The molecule has 0 spiro atoms. The molecular formula is C17H23FN4OS. The van der Waals surface area contributed by atoms with Crippen LogP contribution in [-0.2, 0) is 4.79 Å². The Bertz CT molecular complexity index is 689. The van der Waals surface area contributed by atoms with Crippen LogP contribution < -0.4 is 0 Å². The second-order valence-corrected chi connectivity index (χ2v) is 7.06. The molecule has 0 aliphatic rings. The molecule has 1 heterocycles. The lowest BCUT2D eigenvalue weighted by molar-refractivity contribution is -0.131. The highest BCUT2D eigenvalue weighted by Crippen LogP contribution is 2.23. The maximum atomic E-state index is 13.1. The SMILES string of the molecule is Cc1nnc(SCC(=O)N(C(C)C)C(C)C)n1-c1ccc(F)cc1. The van der Waals surface area contributed by atoms with Crippen molar-refractivity contribution in [2.45, 2.75) is 51.9 Å². The molecule has 1 amide bonds. The number of benzene rings is 1. The molecule has 2 rings (SSSR count). The van der Waals surface area contributed by atoms with Gasteiger partial charge >= 0.3 is 0 Å². The Balaban J connectivity index is 2.17. The first kappa shape index (κ1) is 18.4. The van der Waals surface area contributed by atoms with E-state index >= 15 is 0 Å². The minimum atomic E-state index is -0.293. The van der Waals surface area contributed by atoms with E-state index < -0.39 is 0 Å². The van der Waals surface area contributed by atoms with Gasteiger partial charge in [-0.25, -0.2) is 4.39 Å². The van der Waals surface area contributed by atoms with Gasteiger partial charge in [-0.1, -0.05) is 11.8 Å². The molecule has 2 aromatic rings. The summed E-state index contributed by atoms with van der Waals surface area (Å²) in [5.41, 5.74) is 0.776. The Morgan fingerprint density at radius 1 is 1.17 bits per heavy atom. The van der Waals surface area contributed by atoms with Crippen LogP contribution in [0.5, 0.6) is 0 Å². The zero-order valence-electron chi connectivity index (χ0n) is 14.7. The predicted octanol–water partition coefficient (Wildman–Crippen LogP) is 3.45. The van der Waals surface area contributed by atoms with Gasteiger partial charge in [0.2, 0.25) is 5.91 Å². The maximum Gasteiger partial charge on any atom is 0.233 e. The Kier molecular flexibility index (Phi) is 5.99. The fraction of sp³-hybridized carbons (Fsp3) is 0.471. The third kappa shape index (κ3) is 4.14. The van der Waals surface area contributed by atoms with E-state index in [0.717, 1.165) is 5.69 Å². The van der Waals surface area contributed by atoms with Gasteiger partial charge in [0, 0.05) is 17.8 Å². The fourth-order valence-electron chi connectivity index (χ4n) is 2.70. The van der Waals surface area contributed by atoms with Crippen LogP contribution in [0.2, 0.25) is 0 Å². The lowest BCUT2D eigenvalue weighted by Gasteiger charge is -2.30. The maximum absolute atomic E-state index is 13.1. The second-order valence-electron chi connectivity index (χ2n) is 6.12. The molecule has 0 bridgehead atoms. The summed E-state index contributed by atoms with van der Waals surface area (Å²) in [7, 11) is 0. The van der Waals surface area contributed by atoms with Gasteiger partial charge < -0.3 is 4.90 Å². The molecular weight excluding hydrogens is 327 g/mol. The third-order valence-corrected chi connectivity index (χ3v) is 4.52. The van der Waals surface area contributed by atoms with Crippen LogP contribution in [0.3, 0.4) is 0 Å². The second kappa shape index (κ2) is 7.79. The quantitative estimate of drug-likeness (QED) is 0.749. The summed E-state index contributed by atoms with van der Waals surface area (Å²) in [6.07, 6.45) is 0. The molecule has 0 radical (unpaired) electrons. The highest BCUT2D eigenvalue weighted by molar-refractivity contribution is 7.99. The molecule has 0 atom stereocenters. The first-order valence-electron chi connectivity index (χ1n) is 7.93. The molecule has 5 nitrogen and oxygen atoms in total. The lowest BCUT2D eigenvalue weighted by Crippen LogP contribution is -2.43. The zero-order valence-corrected chi connectivity index (χ0v) is 15.5. The van der Waals surface area contributed by atoms with Gasteiger partial charge in [-0.2, -0.15) is 0 Å². The van der Waals surface area contributed by atoms with Gasteiger partial charge in [-0.05, 0) is 58.9 Å². The number of nitrogens with zero attached hydrogens (tertiary/aromatic N) is 4. The predicted molar refractivity (Wildman–Crippen MR) is 93.9 cm³/mol. The molecule has 0 saturated heterocycles. The fourth-order valence-corrected chi connectivity index (χ4v) is 3.56. The van der Waals surface area contributed by atoms with Crippen molar-refractivity contribution in [1.29, 1.82) is 0 Å². The van der Waals surface area contributed by atoms with Crippen LogP contribution in [0.1, 0.15) is 33.5 Å².